The lowest BCUT2D eigenvalue weighted by Gasteiger charge is -2.38. The van der Waals surface area contributed by atoms with Gasteiger partial charge in [-0.15, -0.1) is 35.3 Å². The first kappa shape index (κ1) is 22.1. The first-order valence-corrected chi connectivity index (χ1v) is 10.1. The maximum absolute atomic E-state index is 5.62. The first-order chi connectivity index (χ1) is 12.8. The summed E-state index contributed by atoms with van der Waals surface area (Å²) in [6, 6.07) is 10.8. The Labute approximate surface area is 183 Å². The van der Waals surface area contributed by atoms with E-state index < -0.39 is 0 Å². The predicted octanol–water partition coefficient (Wildman–Crippen LogP) is 3.74. The van der Waals surface area contributed by atoms with Gasteiger partial charge in [0, 0.05) is 43.3 Å². The number of guanidine groups is 1. The van der Waals surface area contributed by atoms with Gasteiger partial charge in [-0.05, 0) is 24.8 Å². The van der Waals surface area contributed by atoms with Crippen LogP contribution in [0.5, 0.6) is 0 Å². The fourth-order valence-corrected chi connectivity index (χ4v) is 4.15. The maximum Gasteiger partial charge on any atom is 0.191 e. The van der Waals surface area contributed by atoms with Gasteiger partial charge in [-0.1, -0.05) is 37.3 Å². The number of thiazole rings is 1. The molecule has 0 radical (unpaired) electrons. The average Bonchev–Trinajstić information content (AvgIpc) is 3.18. The number of hydrogen-bond donors (Lipinski definition) is 2. The molecule has 1 aliphatic heterocycles. The number of rotatable bonds is 6. The van der Waals surface area contributed by atoms with Gasteiger partial charge < -0.3 is 15.4 Å². The summed E-state index contributed by atoms with van der Waals surface area (Å²) in [5.74, 6) is 0.819. The van der Waals surface area contributed by atoms with E-state index in [2.05, 4.69) is 57.9 Å². The van der Waals surface area contributed by atoms with Gasteiger partial charge in [-0.3, -0.25) is 4.99 Å². The summed E-state index contributed by atoms with van der Waals surface area (Å²) in [5.41, 5.74) is 1.46. The van der Waals surface area contributed by atoms with Crippen LogP contribution in [0.1, 0.15) is 35.2 Å². The summed E-state index contributed by atoms with van der Waals surface area (Å²) >= 11 is 1.75. The zero-order valence-electron chi connectivity index (χ0n) is 16.0. The molecule has 7 heteroatoms. The van der Waals surface area contributed by atoms with E-state index in [1.54, 1.807) is 11.3 Å². The number of aryl methyl sites for hydroxylation is 1. The molecule has 3 rings (SSSR count). The largest absolute Gasteiger partial charge is 0.381 e. The summed E-state index contributed by atoms with van der Waals surface area (Å²) in [4.78, 5) is 10.2. The lowest BCUT2D eigenvalue weighted by molar-refractivity contribution is 0.0514. The Morgan fingerprint density at radius 3 is 2.59 bits per heavy atom. The number of nitrogens with zero attached hydrogens (tertiary/aromatic N) is 2. The predicted molar refractivity (Wildman–Crippen MR) is 123 cm³/mol. The number of aromatic nitrogens is 1. The quantitative estimate of drug-likeness (QED) is 0.361. The van der Waals surface area contributed by atoms with Gasteiger partial charge in [0.2, 0.25) is 0 Å². The topological polar surface area (TPSA) is 58.5 Å². The zero-order chi connectivity index (χ0) is 18.2. The molecule has 5 nitrogen and oxygen atoms in total. The van der Waals surface area contributed by atoms with Crippen molar-refractivity contribution in [2.24, 2.45) is 4.99 Å². The molecule has 0 amide bonds. The number of ether oxygens (including phenoxy) is 1. The van der Waals surface area contributed by atoms with Crippen molar-refractivity contribution in [1.82, 2.24) is 15.6 Å². The monoisotopic (exact) mass is 500 g/mol. The van der Waals surface area contributed by atoms with Gasteiger partial charge in [-0.2, -0.15) is 0 Å². The minimum absolute atomic E-state index is 0. The van der Waals surface area contributed by atoms with Crippen LogP contribution in [0.4, 0.5) is 0 Å². The van der Waals surface area contributed by atoms with Crippen LogP contribution in [0.2, 0.25) is 0 Å². The molecule has 1 aliphatic rings. The van der Waals surface area contributed by atoms with E-state index in [0.29, 0.717) is 6.54 Å². The van der Waals surface area contributed by atoms with Crippen molar-refractivity contribution in [2.75, 3.05) is 26.8 Å². The third kappa shape index (κ3) is 5.89. The Hall–Kier alpha value is -1.19. The van der Waals surface area contributed by atoms with Crippen molar-refractivity contribution in [3.05, 3.63) is 52.0 Å². The van der Waals surface area contributed by atoms with Crippen LogP contribution in [0.15, 0.2) is 41.5 Å². The van der Waals surface area contributed by atoms with Crippen molar-refractivity contribution in [1.29, 1.82) is 0 Å². The second-order valence-corrected chi connectivity index (χ2v) is 7.81. The highest BCUT2D eigenvalue weighted by Gasteiger charge is 2.34. The molecule has 0 spiro atoms. The summed E-state index contributed by atoms with van der Waals surface area (Å²) < 4.78 is 5.62. The lowest BCUT2D eigenvalue weighted by atomic mass is 9.74. The Kier molecular flexibility index (Phi) is 8.98. The average molecular weight is 500 g/mol. The Morgan fingerprint density at radius 2 is 1.96 bits per heavy atom. The van der Waals surface area contributed by atoms with Crippen LogP contribution in [-0.4, -0.2) is 37.7 Å². The van der Waals surface area contributed by atoms with Crippen LogP contribution in [-0.2, 0) is 23.1 Å². The van der Waals surface area contributed by atoms with E-state index >= 15 is 0 Å². The minimum atomic E-state index is 0. The van der Waals surface area contributed by atoms with Crippen LogP contribution < -0.4 is 10.6 Å². The molecule has 0 aliphatic carbocycles. The molecule has 2 N–H and O–H groups in total. The van der Waals surface area contributed by atoms with Crippen LogP contribution in [0.3, 0.4) is 0 Å². The van der Waals surface area contributed by atoms with E-state index in [0.717, 1.165) is 50.0 Å². The van der Waals surface area contributed by atoms with Gasteiger partial charge in [0.25, 0.3) is 0 Å². The molecular weight excluding hydrogens is 471 g/mol. The highest BCUT2D eigenvalue weighted by atomic mass is 127. The van der Waals surface area contributed by atoms with Crippen molar-refractivity contribution >= 4 is 41.3 Å². The molecule has 0 unspecified atom stereocenters. The smallest absolute Gasteiger partial charge is 0.191 e. The van der Waals surface area contributed by atoms with E-state index in [9.17, 15) is 0 Å². The number of aliphatic imine (C=N–C) groups is 1. The number of benzene rings is 1. The molecule has 1 fully saturated rings. The Balaban J connectivity index is 0.00000261. The van der Waals surface area contributed by atoms with Crippen LogP contribution in [0, 0.1) is 0 Å². The van der Waals surface area contributed by atoms with Crippen molar-refractivity contribution in [2.45, 2.75) is 38.1 Å². The summed E-state index contributed by atoms with van der Waals surface area (Å²) in [7, 11) is 1.81. The third-order valence-electron chi connectivity index (χ3n) is 5.01. The van der Waals surface area contributed by atoms with E-state index in [1.165, 1.54) is 10.4 Å². The number of hydrogen-bond acceptors (Lipinski definition) is 4. The Morgan fingerprint density at radius 1 is 1.22 bits per heavy atom. The second kappa shape index (κ2) is 11.0. The molecule has 148 valence electrons. The van der Waals surface area contributed by atoms with Crippen LogP contribution in [0.25, 0.3) is 0 Å². The third-order valence-corrected chi connectivity index (χ3v) is 6.15. The standard InChI is InChI=1S/C20H28N4OS.HI/c1-3-17-13-22-18(26-17)14-23-19(21-2)24-15-20(9-11-25-12-10-20)16-7-5-4-6-8-16;/h4-8,13H,3,9-12,14-15H2,1-2H3,(H2,21,23,24);1H. The number of nitrogens with one attached hydrogen (secondary N) is 2. The molecule has 2 aromatic rings. The Bertz CT molecular complexity index is 714. The summed E-state index contributed by atoms with van der Waals surface area (Å²) in [6.07, 6.45) is 5.04. The maximum atomic E-state index is 5.62. The molecule has 1 saturated heterocycles. The van der Waals surface area contributed by atoms with E-state index in [-0.39, 0.29) is 29.4 Å². The SMILES string of the molecule is CCc1cnc(CNC(=NC)NCC2(c3ccccc3)CCOCC2)s1.I. The molecule has 0 atom stereocenters. The van der Waals surface area contributed by atoms with Gasteiger partial charge in [0.05, 0.1) is 6.54 Å². The molecule has 0 bridgehead atoms. The molecule has 2 heterocycles. The summed E-state index contributed by atoms with van der Waals surface area (Å²) in [6.45, 7) is 5.31. The molecule has 1 aromatic heterocycles. The van der Waals surface area contributed by atoms with Crippen molar-refractivity contribution < 1.29 is 4.74 Å². The van der Waals surface area contributed by atoms with Gasteiger partial charge in [-0.25, -0.2) is 4.98 Å². The molecule has 0 saturated carbocycles. The normalized spacial score (nSPS) is 16.4. The van der Waals surface area contributed by atoms with Crippen molar-refractivity contribution in [3.63, 3.8) is 0 Å². The first-order valence-electron chi connectivity index (χ1n) is 9.27. The highest BCUT2D eigenvalue weighted by molar-refractivity contribution is 14.0. The molecular formula is C20H29IN4OS. The van der Waals surface area contributed by atoms with E-state index in [4.69, 9.17) is 4.74 Å². The second-order valence-electron chi connectivity index (χ2n) is 6.61. The fourth-order valence-electron chi connectivity index (χ4n) is 3.35. The van der Waals surface area contributed by atoms with Gasteiger partial charge in [0.1, 0.15) is 5.01 Å². The lowest BCUT2D eigenvalue weighted by Crippen LogP contribution is -2.47. The fraction of sp³-hybridized carbons (Fsp3) is 0.500. The highest BCUT2D eigenvalue weighted by Crippen LogP contribution is 2.34. The zero-order valence-corrected chi connectivity index (χ0v) is 19.2. The number of halogens is 1. The molecule has 1 aromatic carbocycles. The van der Waals surface area contributed by atoms with E-state index in [1.807, 2.05) is 13.2 Å². The molecule has 27 heavy (non-hydrogen) atoms. The summed E-state index contributed by atoms with van der Waals surface area (Å²) in [5, 5.41) is 8.01. The minimum Gasteiger partial charge on any atom is -0.381 e. The van der Waals surface area contributed by atoms with Crippen LogP contribution >= 0.6 is 35.3 Å². The van der Waals surface area contributed by atoms with Crippen molar-refractivity contribution in [3.8, 4) is 0 Å². The van der Waals surface area contributed by atoms with Gasteiger partial charge in [0.15, 0.2) is 5.96 Å². The van der Waals surface area contributed by atoms with Gasteiger partial charge >= 0.3 is 0 Å².